The first-order chi connectivity index (χ1) is 30.7. The quantitative estimate of drug-likeness (QED) is 0.198. The molecule has 8 aromatic carbocycles. The van der Waals surface area contributed by atoms with E-state index in [9.17, 15) is 12.3 Å². The van der Waals surface area contributed by atoms with Crippen molar-refractivity contribution in [2.45, 2.75) is 0 Å². The molecule has 0 spiro atoms. The molecule has 0 heteroatoms. The summed E-state index contributed by atoms with van der Waals surface area (Å²) >= 11 is 0. The van der Waals surface area contributed by atoms with Crippen LogP contribution in [0.15, 0.2) is 157 Å². The van der Waals surface area contributed by atoms with Crippen LogP contribution in [0, 0.1) is 0 Å². The third-order valence-corrected chi connectivity index (χ3v) is 6.44. The van der Waals surface area contributed by atoms with Gasteiger partial charge in [0.05, 0.1) is 35.6 Å². The van der Waals surface area contributed by atoms with E-state index in [-0.39, 0.29) is 0 Å². The molecule has 0 unspecified atom stereocenters. The van der Waals surface area contributed by atoms with Gasteiger partial charge in [-0.05, 0) is 76.5 Å². The van der Waals surface area contributed by atoms with Crippen LogP contribution in [-0.4, -0.2) is 0 Å². The van der Waals surface area contributed by atoms with Gasteiger partial charge in [0.25, 0.3) is 0 Å². The summed E-state index contributed by atoms with van der Waals surface area (Å²) in [5.41, 5.74) is -4.45. The van der Waals surface area contributed by atoms with E-state index in [1.54, 1.807) is 0 Å². The molecule has 186 valence electrons. The molecule has 0 radical (unpaired) electrons. The summed E-state index contributed by atoms with van der Waals surface area (Å²) in [5, 5.41) is -5.62. The molecule has 0 amide bonds. The van der Waals surface area contributed by atoms with Crippen molar-refractivity contribution < 1.29 is 35.6 Å². The number of rotatable bonds is 3. The maximum Gasteiger partial charge on any atom is 0.0629 e. The summed E-state index contributed by atoms with van der Waals surface area (Å²) in [4.78, 5) is 0. The lowest BCUT2D eigenvalue weighted by atomic mass is 9.84. The summed E-state index contributed by atoms with van der Waals surface area (Å²) in [6.07, 6.45) is 0. The highest BCUT2D eigenvalue weighted by Gasteiger charge is 2.18. The zero-order valence-electron chi connectivity index (χ0n) is 46.0. The highest BCUT2D eigenvalue weighted by molar-refractivity contribution is 6.24. The van der Waals surface area contributed by atoms with Crippen LogP contribution in [0.5, 0.6) is 0 Å². The van der Waals surface area contributed by atoms with Crippen LogP contribution in [0.25, 0.3) is 76.5 Å². The molecule has 0 aromatic heterocycles. The highest BCUT2D eigenvalue weighted by atomic mass is 14.2. The minimum Gasteiger partial charge on any atom is -0.0622 e. The first kappa shape index (κ1) is 8.65. The van der Waals surface area contributed by atoms with Gasteiger partial charge in [0.1, 0.15) is 0 Å². The minimum atomic E-state index is -1.06. The molecule has 0 fully saturated rings. The van der Waals surface area contributed by atoms with E-state index in [0.29, 0.717) is 0 Å². The number of hydrogen-bond donors (Lipinski definition) is 0. The summed E-state index contributed by atoms with van der Waals surface area (Å²) in [6, 6.07) is -24.7. The average molecular weight is 533 g/mol. The molecule has 0 aliphatic heterocycles. The van der Waals surface area contributed by atoms with Crippen LogP contribution in [0.1, 0.15) is 35.6 Å². The maximum atomic E-state index is 9.45. The van der Waals surface area contributed by atoms with Crippen LogP contribution in [0.3, 0.4) is 0 Å². The molecule has 0 saturated carbocycles. The molecule has 0 nitrogen and oxygen atoms in total. The normalized spacial score (nSPS) is 20.6. The van der Waals surface area contributed by atoms with Crippen LogP contribution >= 0.6 is 0 Å². The van der Waals surface area contributed by atoms with E-state index >= 15 is 0 Å². The Bertz CT molecular complexity index is 3530. The van der Waals surface area contributed by atoms with Gasteiger partial charge in [0.15, 0.2) is 0 Å². The SMILES string of the molecule is [2H]c1c([2H])c([2H])c(-c2c3c([2H])c([2H])c([2H])c([2H])c3c(-c3c([2H])c([2H])c([2H])c4c(-c5c([2H])c([2H])c([2H])c6c([2H])c([2H])c([2H])c([2H])c56)c([2H])c([2H])c([2H])c34)c3c([2H])c([2H])c([2H])c([2H])c23)c([2H])c1[2H]. The smallest absolute Gasteiger partial charge is 0.0622 e. The van der Waals surface area contributed by atoms with Gasteiger partial charge in [-0.1, -0.05) is 157 Å². The number of fused-ring (bicyclic) bond motifs is 4. The third kappa shape index (κ3) is 3.47. The van der Waals surface area contributed by atoms with Crippen LogP contribution < -0.4 is 0 Å². The van der Waals surface area contributed by atoms with Crippen molar-refractivity contribution in [3.63, 3.8) is 0 Å². The predicted octanol–water partition coefficient (Wildman–Crippen LogP) is 11.3. The lowest BCUT2D eigenvalue weighted by Crippen LogP contribution is -1.92. The minimum absolute atomic E-state index is 0.604. The van der Waals surface area contributed by atoms with E-state index in [1.165, 1.54) is 0 Å². The Balaban J connectivity index is 1.80. The fourth-order valence-corrected chi connectivity index (χ4v) is 4.81. The Hall–Kier alpha value is -5.20. The highest BCUT2D eigenvalue weighted by Crippen LogP contribution is 2.46. The van der Waals surface area contributed by atoms with Crippen molar-refractivity contribution in [3.8, 4) is 33.4 Å². The van der Waals surface area contributed by atoms with Gasteiger partial charge in [-0.15, -0.1) is 0 Å². The summed E-state index contributed by atoms with van der Waals surface area (Å²) in [5.74, 6) is 0. The number of hydrogen-bond acceptors (Lipinski definition) is 0. The molecule has 0 aliphatic carbocycles. The molecule has 8 aromatic rings. The molecule has 0 aliphatic rings. The first-order valence-corrected chi connectivity index (χ1v) is 11.8. The Morgan fingerprint density at radius 1 is 0.275 bits per heavy atom. The fourth-order valence-electron chi connectivity index (χ4n) is 4.81. The summed E-state index contributed by atoms with van der Waals surface area (Å²) in [7, 11) is 0. The van der Waals surface area contributed by atoms with Gasteiger partial charge in [0, 0.05) is 0 Å². The molecule has 0 N–H and O–H groups in total. The first-order valence-electron chi connectivity index (χ1n) is 24.8. The second-order valence-electron chi connectivity index (χ2n) is 8.50. The topological polar surface area (TPSA) is 0 Å². The largest absolute Gasteiger partial charge is 0.0629 e. The second kappa shape index (κ2) is 9.22. The molecular formula is C40H26. The van der Waals surface area contributed by atoms with Crippen molar-refractivity contribution in [2.75, 3.05) is 0 Å². The van der Waals surface area contributed by atoms with E-state index in [0.717, 1.165) is 0 Å². The van der Waals surface area contributed by atoms with Gasteiger partial charge in [-0.3, -0.25) is 0 Å². The molecule has 40 heavy (non-hydrogen) atoms. The fraction of sp³-hybridized carbons (Fsp3) is 0. The molecule has 0 saturated heterocycles. The molecular weight excluding hydrogens is 480 g/mol. The zero-order valence-corrected chi connectivity index (χ0v) is 20.0. The van der Waals surface area contributed by atoms with Crippen molar-refractivity contribution in [3.05, 3.63) is 157 Å². The summed E-state index contributed by atoms with van der Waals surface area (Å²) in [6.45, 7) is 0. The van der Waals surface area contributed by atoms with E-state index < -0.39 is 234 Å². The van der Waals surface area contributed by atoms with Crippen LogP contribution in [0.4, 0.5) is 0 Å². The second-order valence-corrected chi connectivity index (χ2v) is 8.50. The Morgan fingerprint density at radius 2 is 0.675 bits per heavy atom. The Morgan fingerprint density at radius 3 is 1.32 bits per heavy atom. The third-order valence-electron chi connectivity index (χ3n) is 6.44. The average Bonchev–Trinajstić information content (AvgIpc) is 3.29. The lowest BCUT2D eigenvalue weighted by molar-refractivity contribution is 1.66. The van der Waals surface area contributed by atoms with E-state index in [2.05, 4.69) is 0 Å². The van der Waals surface area contributed by atoms with Crippen molar-refractivity contribution in [1.82, 2.24) is 0 Å². The molecule has 0 bridgehead atoms. The summed E-state index contributed by atoms with van der Waals surface area (Å²) < 4.78 is 231. The van der Waals surface area contributed by atoms with E-state index in [4.69, 9.17) is 23.3 Å². The zero-order chi connectivity index (χ0) is 49.1. The molecule has 0 heterocycles. The molecule has 8 rings (SSSR count). The van der Waals surface area contributed by atoms with E-state index in [1.807, 2.05) is 0 Å². The van der Waals surface area contributed by atoms with Gasteiger partial charge < -0.3 is 0 Å². The van der Waals surface area contributed by atoms with Crippen LogP contribution in [-0.2, 0) is 0 Å². The van der Waals surface area contributed by atoms with Gasteiger partial charge in [0.2, 0.25) is 0 Å². The van der Waals surface area contributed by atoms with Crippen molar-refractivity contribution in [1.29, 1.82) is 0 Å². The predicted molar refractivity (Wildman–Crippen MR) is 173 cm³/mol. The number of benzene rings is 8. The van der Waals surface area contributed by atoms with Crippen molar-refractivity contribution in [2.24, 2.45) is 0 Å². The van der Waals surface area contributed by atoms with Gasteiger partial charge in [-0.25, -0.2) is 0 Å². The standard InChI is InChI=1S/C40H26/c1-2-14-28(15-3-1)39-35-18-6-8-20-37(35)40(38-21-9-7-19-36(38)39)34-26-12-24-32-31(23-11-25-33(32)34)30-22-10-16-27-13-4-5-17-29(27)30/h1-26H/i1D,2D,3D,4D,5D,6D,7D,8D,9D,10D,11D,12D,13D,14D,15D,16D,17D,18D,19D,20D,21D,22D,23D,24D,25D,26D. The Labute approximate surface area is 270 Å². The van der Waals surface area contributed by atoms with Crippen LogP contribution in [0.2, 0.25) is 0 Å². The van der Waals surface area contributed by atoms with Gasteiger partial charge in [-0.2, -0.15) is 0 Å². The lowest BCUT2D eigenvalue weighted by Gasteiger charge is -2.19. The maximum absolute atomic E-state index is 9.45. The Kier molecular flexibility index (Phi) is 1.99. The van der Waals surface area contributed by atoms with Crippen molar-refractivity contribution >= 4 is 43.1 Å². The molecule has 0 atom stereocenters. The monoisotopic (exact) mass is 532 g/mol. The van der Waals surface area contributed by atoms with Gasteiger partial charge >= 0.3 is 0 Å².